The Hall–Kier alpha value is -1.41. The van der Waals surface area contributed by atoms with Crippen molar-refractivity contribution in [2.75, 3.05) is 12.0 Å². The monoisotopic (exact) mass is 278 g/mol. The summed E-state index contributed by atoms with van der Waals surface area (Å²) in [5.41, 5.74) is 3.94. The van der Waals surface area contributed by atoms with Gasteiger partial charge in [-0.3, -0.25) is 0 Å². The van der Waals surface area contributed by atoms with Gasteiger partial charge < -0.3 is 10.2 Å². The molecule has 1 aromatic rings. The van der Waals surface area contributed by atoms with E-state index < -0.39 is 12.8 Å². The highest BCUT2D eigenvalue weighted by molar-refractivity contribution is 5.47. The van der Waals surface area contributed by atoms with Crippen LogP contribution in [0.25, 0.3) is 0 Å². The summed E-state index contributed by atoms with van der Waals surface area (Å²) in [5, 5.41) is 0. The topological polar surface area (TPSA) is 73.1 Å². The summed E-state index contributed by atoms with van der Waals surface area (Å²) in [6.45, 7) is 4.02. The van der Waals surface area contributed by atoms with Crippen LogP contribution in [0, 0.1) is 6.92 Å². The van der Waals surface area contributed by atoms with Crippen molar-refractivity contribution in [2.45, 2.75) is 39.5 Å². The van der Waals surface area contributed by atoms with Crippen LogP contribution in [-0.2, 0) is 11.3 Å². The average Bonchev–Trinajstić information content (AvgIpc) is 2.25. The van der Waals surface area contributed by atoms with E-state index in [1.165, 1.54) is 0 Å². The van der Waals surface area contributed by atoms with Crippen LogP contribution < -0.4 is 11.3 Å². The predicted octanol–water partition coefficient (Wildman–Crippen LogP) is 2.27. The molecule has 0 aliphatic carbocycles. The second-order valence-electron chi connectivity index (χ2n) is 4.39. The number of ether oxygens (including phenoxy) is 1. The van der Waals surface area contributed by atoms with Gasteiger partial charge in [0.05, 0.1) is 0 Å². The summed E-state index contributed by atoms with van der Waals surface area (Å²) >= 11 is 0. The van der Waals surface area contributed by atoms with Gasteiger partial charge in [-0.2, -0.15) is 13.2 Å². The van der Waals surface area contributed by atoms with Gasteiger partial charge in [0.15, 0.2) is 5.82 Å². The number of nitrogens with one attached hydrogen (secondary N) is 1. The normalized spacial score (nSPS) is 12.0. The van der Waals surface area contributed by atoms with Crippen LogP contribution in [0.3, 0.4) is 0 Å². The maximum atomic E-state index is 12.0. The summed E-state index contributed by atoms with van der Waals surface area (Å²) in [6, 6.07) is 0. The maximum Gasteiger partial charge on any atom is 0.411 e. The molecule has 0 bridgehead atoms. The van der Waals surface area contributed by atoms with Gasteiger partial charge in [0.1, 0.15) is 19.0 Å². The van der Waals surface area contributed by atoms with Crippen molar-refractivity contribution in [2.24, 2.45) is 5.84 Å². The molecule has 0 amide bonds. The number of alkyl halides is 3. The van der Waals surface area contributed by atoms with Crippen molar-refractivity contribution in [3.05, 3.63) is 17.1 Å². The molecule has 0 fully saturated rings. The number of hydrogen-bond acceptors (Lipinski definition) is 5. The first kappa shape index (κ1) is 15.6. The third-order valence-electron chi connectivity index (χ3n) is 2.39. The second-order valence-corrected chi connectivity index (χ2v) is 4.39. The number of aryl methyl sites for hydroxylation is 1. The number of anilines is 1. The first-order chi connectivity index (χ1) is 8.74. The molecule has 5 nitrogen and oxygen atoms in total. The van der Waals surface area contributed by atoms with Crippen molar-refractivity contribution >= 4 is 5.82 Å². The van der Waals surface area contributed by atoms with E-state index in [1.807, 2.05) is 13.8 Å². The van der Waals surface area contributed by atoms with E-state index in [9.17, 15) is 13.2 Å². The lowest BCUT2D eigenvalue weighted by molar-refractivity contribution is -0.177. The van der Waals surface area contributed by atoms with Crippen LogP contribution in [0.15, 0.2) is 0 Å². The number of rotatable bonds is 5. The zero-order chi connectivity index (χ0) is 14.6. The Balaban J connectivity index is 2.84. The van der Waals surface area contributed by atoms with E-state index in [0.717, 1.165) is 5.56 Å². The largest absolute Gasteiger partial charge is 0.411 e. The van der Waals surface area contributed by atoms with Gasteiger partial charge in [0.25, 0.3) is 0 Å². The van der Waals surface area contributed by atoms with Crippen molar-refractivity contribution in [1.82, 2.24) is 9.97 Å². The van der Waals surface area contributed by atoms with E-state index in [4.69, 9.17) is 5.84 Å². The van der Waals surface area contributed by atoms with E-state index in [0.29, 0.717) is 11.5 Å². The van der Waals surface area contributed by atoms with Crippen molar-refractivity contribution in [3.8, 4) is 0 Å². The molecular weight excluding hydrogens is 261 g/mol. The van der Waals surface area contributed by atoms with Gasteiger partial charge >= 0.3 is 6.18 Å². The highest BCUT2D eigenvalue weighted by atomic mass is 19.4. The average molecular weight is 278 g/mol. The molecule has 19 heavy (non-hydrogen) atoms. The molecule has 3 N–H and O–H groups in total. The summed E-state index contributed by atoms with van der Waals surface area (Å²) in [7, 11) is 0. The second kappa shape index (κ2) is 6.16. The van der Waals surface area contributed by atoms with Crippen LogP contribution in [0.4, 0.5) is 19.0 Å². The minimum absolute atomic E-state index is 0.149. The minimum atomic E-state index is -4.36. The summed E-state index contributed by atoms with van der Waals surface area (Å²) in [4.78, 5) is 8.18. The molecule has 0 unspecified atom stereocenters. The molecule has 1 aromatic heterocycles. The van der Waals surface area contributed by atoms with Crippen LogP contribution in [0.2, 0.25) is 0 Å². The Morgan fingerprint density at radius 1 is 1.32 bits per heavy atom. The summed E-state index contributed by atoms with van der Waals surface area (Å²) in [6.07, 6.45) is -4.36. The number of hydrogen-bond donors (Lipinski definition) is 2. The van der Waals surface area contributed by atoms with Gasteiger partial charge in [-0.15, -0.1) is 0 Å². The van der Waals surface area contributed by atoms with E-state index in [-0.39, 0.29) is 18.3 Å². The maximum absolute atomic E-state index is 12.0. The molecular formula is C11H17F3N4O. The smallest absolute Gasteiger partial charge is 0.364 e. The number of hydrazine groups is 1. The molecule has 1 rings (SSSR count). The molecule has 8 heteroatoms. The van der Waals surface area contributed by atoms with Gasteiger partial charge in [0, 0.05) is 11.3 Å². The zero-order valence-electron chi connectivity index (χ0n) is 11.0. The van der Waals surface area contributed by atoms with Crippen LogP contribution in [-0.4, -0.2) is 22.8 Å². The Morgan fingerprint density at radius 3 is 2.42 bits per heavy atom. The van der Waals surface area contributed by atoms with E-state index in [1.54, 1.807) is 6.92 Å². The fraction of sp³-hybridized carbons (Fsp3) is 0.636. The summed E-state index contributed by atoms with van der Waals surface area (Å²) in [5.74, 6) is 6.09. The van der Waals surface area contributed by atoms with Crippen LogP contribution >= 0.6 is 0 Å². The minimum Gasteiger partial charge on any atom is -0.364 e. The Kier molecular flexibility index (Phi) is 5.07. The lowest BCUT2D eigenvalue weighted by Crippen LogP contribution is -2.19. The highest BCUT2D eigenvalue weighted by Gasteiger charge is 2.27. The van der Waals surface area contributed by atoms with Gasteiger partial charge in [-0.1, -0.05) is 13.8 Å². The quantitative estimate of drug-likeness (QED) is 0.638. The van der Waals surface area contributed by atoms with Crippen molar-refractivity contribution < 1.29 is 17.9 Å². The molecule has 108 valence electrons. The SMILES string of the molecule is Cc1nc(COCC(F)(F)F)nc(NN)c1C(C)C. The molecule has 0 saturated carbocycles. The number of halogens is 3. The van der Waals surface area contributed by atoms with Crippen molar-refractivity contribution in [1.29, 1.82) is 0 Å². The van der Waals surface area contributed by atoms with Gasteiger partial charge in [0.2, 0.25) is 0 Å². The van der Waals surface area contributed by atoms with Crippen LogP contribution in [0.5, 0.6) is 0 Å². The Bertz CT molecular complexity index is 435. The third-order valence-corrected chi connectivity index (χ3v) is 2.39. The predicted molar refractivity (Wildman–Crippen MR) is 64.4 cm³/mol. The molecule has 0 radical (unpaired) electrons. The molecule has 0 aromatic carbocycles. The van der Waals surface area contributed by atoms with E-state index in [2.05, 4.69) is 20.1 Å². The Morgan fingerprint density at radius 2 is 1.95 bits per heavy atom. The summed E-state index contributed by atoms with van der Waals surface area (Å²) < 4.78 is 40.4. The molecule has 0 aliphatic rings. The number of nitrogens with two attached hydrogens (primary N) is 1. The molecule has 1 heterocycles. The lowest BCUT2D eigenvalue weighted by Gasteiger charge is -2.15. The lowest BCUT2D eigenvalue weighted by atomic mass is 10.0. The molecule has 0 atom stereocenters. The standard InChI is InChI=1S/C11H17F3N4O/c1-6(2)9-7(3)16-8(17-10(9)18-15)4-19-5-11(12,13)14/h6H,4-5,15H2,1-3H3,(H,16,17,18). The molecule has 0 spiro atoms. The first-order valence-electron chi connectivity index (χ1n) is 5.73. The third kappa shape index (κ3) is 4.64. The molecule has 0 saturated heterocycles. The number of nitrogen functional groups attached to an aromatic ring is 1. The van der Waals surface area contributed by atoms with Gasteiger partial charge in [-0.05, 0) is 12.8 Å². The fourth-order valence-corrected chi connectivity index (χ4v) is 1.76. The number of nitrogens with zero attached hydrogens (tertiary/aromatic N) is 2. The zero-order valence-corrected chi connectivity index (χ0v) is 11.0. The van der Waals surface area contributed by atoms with Gasteiger partial charge in [-0.25, -0.2) is 15.8 Å². The first-order valence-corrected chi connectivity index (χ1v) is 5.73. The highest BCUT2D eigenvalue weighted by Crippen LogP contribution is 2.24. The fourth-order valence-electron chi connectivity index (χ4n) is 1.76. The van der Waals surface area contributed by atoms with Crippen molar-refractivity contribution in [3.63, 3.8) is 0 Å². The Labute approximate surface area is 109 Å². The van der Waals surface area contributed by atoms with Crippen LogP contribution in [0.1, 0.15) is 36.8 Å². The number of aromatic nitrogens is 2. The van der Waals surface area contributed by atoms with E-state index >= 15 is 0 Å². The molecule has 0 aliphatic heterocycles.